The molecule has 1 amide bonds. The highest BCUT2D eigenvalue weighted by Gasteiger charge is 2.29. The lowest BCUT2D eigenvalue weighted by atomic mass is 9.92. The largest absolute Gasteiger partial charge is 1.00 e. The zero-order valence-corrected chi connectivity index (χ0v) is 26.0. The van der Waals surface area contributed by atoms with Crippen molar-refractivity contribution < 1.29 is 45.5 Å². The van der Waals surface area contributed by atoms with Gasteiger partial charge in [0, 0.05) is 48.2 Å². The van der Waals surface area contributed by atoms with Gasteiger partial charge in [-0.05, 0) is 69.2 Å². The number of ether oxygens (including phenoxy) is 2. The van der Waals surface area contributed by atoms with E-state index < -0.39 is 18.0 Å². The first-order chi connectivity index (χ1) is 19.3. The van der Waals surface area contributed by atoms with Gasteiger partial charge < -0.3 is 42.0 Å². The molecule has 1 atom stereocenters. The van der Waals surface area contributed by atoms with Crippen molar-refractivity contribution >= 4 is 29.3 Å². The number of fused-ring (bicyclic) bond motifs is 1. The third kappa shape index (κ3) is 8.35. The number of aryl methyl sites for hydroxylation is 1. The number of esters is 2. The summed E-state index contributed by atoms with van der Waals surface area (Å²) >= 11 is 0. The Morgan fingerprint density at radius 1 is 1.12 bits per heavy atom. The van der Waals surface area contributed by atoms with Crippen LogP contribution in [-0.4, -0.2) is 78.6 Å². The third-order valence-corrected chi connectivity index (χ3v) is 7.75. The molecular weight excluding hydrogens is 560 g/mol. The number of hydrogen-bond acceptors (Lipinski definition) is 7. The molecule has 3 N–H and O–H groups in total. The smallest absolute Gasteiger partial charge is 0.310 e. The molecule has 1 aromatic heterocycles. The summed E-state index contributed by atoms with van der Waals surface area (Å²) in [5.74, 6) is -1.11. The fraction of sp³-hybridized carbons (Fsp3) is 0.548. The highest BCUT2D eigenvalue weighted by Crippen LogP contribution is 2.32. The SMILES string of the molecule is CC(=O)OC(CC(=O)O[C@H]1CC[C@H](Nc2cc(-n3cc(C)c4c3CCCC4=O)ccc2C(N)=O)CC1)C[N+](C)(C)C.[Cl-]. The molecule has 2 aliphatic rings. The summed E-state index contributed by atoms with van der Waals surface area (Å²) in [4.78, 5) is 49.0. The van der Waals surface area contributed by atoms with Gasteiger partial charge in [-0.3, -0.25) is 19.2 Å². The van der Waals surface area contributed by atoms with E-state index in [1.165, 1.54) is 6.92 Å². The number of carbonyl (C=O) groups is 4. The molecule has 42 heavy (non-hydrogen) atoms. The number of primary amides is 1. The van der Waals surface area contributed by atoms with E-state index in [-0.39, 0.29) is 42.7 Å². The van der Waals surface area contributed by atoms with Gasteiger partial charge in [0.05, 0.1) is 33.1 Å². The summed E-state index contributed by atoms with van der Waals surface area (Å²) in [5, 5.41) is 3.51. The van der Waals surface area contributed by atoms with Crippen molar-refractivity contribution in [1.29, 1.82) is 0 Å². The van der Waals surface area contributed by atoms with Gasteiger partial charge in [0.15, 0.2) is 11.9 Å². The van der Waals surface area contributed by atoms with Crippen molar-refractivity contribution in [3.63, 3.8) is 0 Å². The van der Waals surface area contributed by atoms with Gasteiger partial charge >= 0.3 is 11.9 Å². The second-order valence-electron chi connectivity index (χ2n) is 12.4. The van der Waals surface area contributed by atoms with Gasteiger partial charge in [-0.2, -0.15) is 0 Å². The van der Waals surface area contributed by atoms with Crippen LogP contribution >= 0.6 is 0 Å². The van der Waals surface area contributed by atoms with Gasteiger partial charge in [0.1, 0.15) is 12.6 Å². The quantitative estimate of drug-likeness (QED) is 0.302. The number of amides is 1. The van der Waals surface area contributed by atoms with Crippen molar-refractivity contribution in [3.05, 3.63) is 46.8 Å². The Kier molecular flexibility index (Phi) is 10.8. The minimum atomic E-state index is -0.537. The number of ketones is 1. The number of halogens is 1. The first-order valence-electron chi connectivity index (χ1n) is 14.4. The number of anilines is 1. The summed E-state index contributed by atoms with van der Waals surface area (Å²) in [7, 11) is 5.93. The van der Waals surface area contributed by atoms with Crippen LogP contribution in [-0.2, 0) is 25.5 Å². The maximum atomic E-state index is 12.7. The second kappa shape index (κ2) is 13.7. The predicted octanol–water partition coefficient (Wildman–Crippen LogP) is 0.702. The Morgan fingerprint density at radius 3 is 2.43 bits per heavy atom. The lowest BCUT2D eigenvalue weighted by molar-refractivity contribution is -0.873. The Hall–Kier alpha value is -3.37. The van der Waals surface area contributed by atoms with E-state index in [4.69, 9.17) is 15.2 Å². The third-order valence-electron chi connectivity index (χ3n) is 7.75. The van der Waals surface area contributed by atoms with Gasteiger partial charge in [-0.25, -0.2) is 0 Å². The van der Waals surface area contributed by atoms with Crippen LogP contribution in [0.3, 0.4) is 0 Å². The highest BCUT2D eigenvalue weighted by atomic mass is 35.5. The first-order valence-corrected chi connectivity index (χ1v) is 14.4. The van der Waals surface area contributed by atoms with E-state index in [0.717, 1.165) is 48.2 Å². The maximum Gasteiger partial charge on any atom is 0.310 e. The number of nitrogens with one attached hydrogen (secondary N) is 1. The topological polar surface area (TPSA) is 130 Å². The number of rotatable bonds is 10. The molecule has 0 radical (unpaired) electrons. The molecule has 0 saturated heterocycles. The first kappa shape index (κ1) is 33.1. The second-order valence-corrected chi connectivity index (χ2v) is 12.4. The summed E-state index contributed by atoms with van der Waals surface area (Å²) in [6.45, 7) is 3.81. The van der Waals surface area contributed by atoms with Gasteiger partial charge in [-0.15, -0.1) is 0 Å². The molecule has 1 heterocycles. The van der Waals surface area contributed by atoms with Crippen LogP contribution in [0, 0.1) is 6.92 Å². The molecule has 0 bridgehead atoms. The monoisotopic (exact) mass is 602 g/mol. The average Bonchev–Trinajstić information content (AvgIpc) is 3.21. The maximum absolute atomic E-state index is 12.7. The van der Waals surface area contributed by atoms with Gasteiger partial charge in [0.2, 0.25) is 0 Å². The van der Waals surface area contributed by atoms with E-state index >= 15 is 0 Å². The predicted molar refractivity (Wildman–Crippen MR) is 155 cm³/mol. The minimum absolute atomic E-state index is 0. The van der Waals surface area contributed by atoms with Crippen LogP contribution in [0.1, 0.15) is 83.8 Å². The molecule has 1 aromatic carbocycles. The number of nitrogens with two attached hydrogens (primary N) is 1. The fourth-order valence-corrected chi connectivity index (χ4v) is 6.05. The number of likely N-dealkylation sites (N-methyl/N-ethyl adjacent to an activating group) is 1. The highest BCUT2D eigenvalue weighted by molar-refractivity contribution is 6.00. The zero-order chi connectivity index (χ0) is 29.9. The number of nitrogens with zero attached hydrogens (tertiary/aromatic N) is 2. The van der Waals surface area contributed by atoms with Crippen molar-refractivity contribution in [2.24, 2.45) is 5.73 Å². The van der Waals surface area contributed by atoms with Crippen LogP contribution in [0.15, 0.2) is 24.4 Å². The van der Waals surface area contributed by atoms with Crippen molar-refractivity contribution in [3.8, 4) is 5.69 Å². The summed E-state index contributed by atoms with van der Waals surface area (Å²) < 4.78 is 13.7. The molecule has 10 nitrogen and oxygen atoms in total. The number of carbonyl (C=O) groups excluding carboxylic acids is 4. The van der Waals surface area contributed by atoms with Crippen LogP contribution in [0.5, 0.6) is 0 Å². The lowest BCUT2D eigenvalue weighted by Gasteiger charge is -2.31. The van der Waals surface area contributed by atoms with Crippen molar-refractivity contribution in [2.45, 2.75) is 83.5 Å². The number of quaternary nitrogens is 1. The molecule has 1 fully saturated rings. The summed E-state index contributed by atoms with van der Waals surface area (Å²) in [5.41, 5.74) is 10.4. The van der Waals surface area contributed by atoms with Crippen LogP contribution < -0.4 is 23.5 Å². The Labute approximate surface area is 253 Å². The molecule has 230 valence electrons. The Bertz CT molecular complexity index is 1320. The summed E-state index contributed by atoms with van der Waals surface area (Å²) in [6, 6.07) is 5.60. The molecule has 1 unspecified atom stereocenters. The van der Waals surface area contributed by atoms with E-state index in [9.17, 15) is 19.2 Å². The normalized spacial score (nSPS) is 19.2. The Balaban J connectivity index is 0.00000484. The number of Topliss-reactive ketones (excluding diaryl/α,β-unsaturated/α-hetero) is 1. The molecule has 4 rings (SSSR count). The standard InChI is InChI=1S/C31H42N4O6.ClH/c1-19-17-34(27-7-6-8-28(37)30(19)27)22-11-14-25(31(32)39)26(15-22)33-21-9-12-23(13-10-21)41-29(38)16-24(40-20(2)36)18-35(3,4)5;/h11,14-15,17,21,23-24H,6-10,12-13,16,18H2,1-5H3,(H2-,32,33,39);1H/t21-,23-,24?;. The van der Waals surface area contributed by atoms with E-state index in [2.05, 4.69) is 9.88 Å². The molecule has 0 aliphatic heterocycles. The van der Waals surface area contributed by atoms with Crippen molar-refractivity contribution in [2.75, 3.05) is 33.0 Å². The fourth-order valence-electron chi connectivity index (χ4n) is 6.05. The van der Waals surface area contributed by atoms with E-state index in [1.54, 1.807) is 6.07 Å². The summed E-state index contributed by atoms with van der Waals surface area (Å²) in [6.07, 6.45) is 6.35. The molecule has 1 saturated carbocycles. The van der Waals surface area contributed by atoms with E-state index in [0.29, 0.717) is 41.5 Å². The van der Waals surface area contributed by atoms with E-state index in [1.807, 2.05) is 46.4 Å². The zero-order valence-electron chi connectivity index (χ0n) is 25.2. The van der Waals surface area contributed by atoms with Gasteiger partial charge in [0.25, 0.3) is 5.91 Å². The molecule has 2 aliphatic carbocycles. The van der Waals surface area contributed by atoms with Crippen LogP contribution in [0.4, 0.5) is 5.69 Å². The van der Waals surface area contributed by atoms with Crippen LogP contribution in [0.25, 0.3) is 5.69 Å². The molecule has 0 spiro atoms. The molecular formula is C31H43ClN4O6. The van der Waals surface area contributed by atoms with Crippen molar-refractivity contribution in [1.82, 2.24) is 4.57 Å². The Morgan fingerprint density at radius 2 is 1.81 bits per heavy atom. The lowest BCUT2D eigenvalue weighted by Crippen LogP contribution is -3.00. The van der Waals surface area contributed by atoms with Crippen LogP contribution in [0.2, 0.25) is 0 Å². The molecule has 11 heteroatoms. The average molecular weight is 603 g/mol. The minimum Gasteiger partial charge on any atom is -1.00 e. The number of benzene rings is 1. The van der Waals surface area contributed by atoms with Gasteiger partial charge in [-0.1, -0.05) is 0 Å². The number of hydrogen-bond donors (Lipinski definition) is 2. The number of aromatic nitrogens is 1. The molecule has 2 aromatic rings.